The lowest BCUT2D eigenvalue weighted by Crippen LogP contribution is -2.46. The monoisotopic (exact) mass is 461 g/mol. The fourth-order valence-corrected chi connectivity index (χ4v) is 3.85. The Balaban J connectivity index is 1.36. The first-order valence-corrected chi connectivity index (χ1v) is 10.6. The Bertz CT molecular complexity index is 1130. The van der Waals surface area contributed by atoms with Crippen molar-refractivity contribution < 1.29 is 22.4 Å². The highest BCUT2D eigenvalue weighted by molar-refractivity contribution is 5.93. The van der Waals surface area contributed by atoms with Gasteiger partial charge in [0.25, 0.3) is 0 Å². The molecule has 6 nitrogen and oxygen atoms in total. The third-order valence-corrected chi connectivity index (χ3v) is 5.62. The van der Waals surface area contributed by atoms with Crippen molar-refractivity contribution in [2.75, 3.05) is 25.0 Å². The molecule has 0 radical (unpaired) electrons. The van der Waals surface area contributed by atoms with Crippen LogP contribution in [0.15, 0.2) is 48.9 Å². The molecule has 33 heavy (non-hydrogen) atoms. The molecule has 1 aromatic carbocycles. The molecule has 0 saturated carbocycles. The highest BCUT2D eigenvalue weighted by Gasteiger charge is 2.28. The normalized spacial score (nSPS) is 15.1. The number of carbonyl (C=O) groups excluding carboxylic acids is 1. The average Bonchev–Trinajstić information content (AvgIpc) is 2.78. The van der Waals surface area contributed by atoms with E-state index < -0.39 is 18.4 Å². The van der Waals surface area contributed by atoms with Gasteiger partial charge in [0.2, 0.25) is 0 Å². The fraction of sp³-hybridized carbons (Fsp3) is 0.348. The summed E-state index contributed by atoms with van der Waals surface area (Å²) in [6, 6.07) is 8.40. The zero-order valence-electron chi connectivity index (χ0n) is 17.7. The number of amides is 2. The van der Waals surface area contributed by atoms with Crippen molar-refractivity contribution in [3.63, 3.8) is 0 Å². The highest BCUT2D eigenvalue weighted by Crippen LogP contribution is 2.26. The number of nitrogens with one attached hydrogen (secondary N) is 2. The minimum absolute atomic E-state index is 0.0362. The Morgan fingerprint density at radius 3 is 2.55 bits per heavy atom. The highest BCUT2D eigenvalue weighted by atomic mass is 19.4. The van der Waals surface area contributed by atoms with Gasteiger partial charge in [0.15, 0.2) is 0 Å². The molecule has 0 bridgehead atoms. The first-order chi connectivity index (χ1) is 15.8. The molecule has 3 heterocycles. The largest absolute Gasteiger partial charge is 0.390 e. The number of likely N-dealkylation sites (tertiary alicyclic amines) is 1. The minimum Gasteiger partial charge on any atom is -0.324 e. The molecule has 1 fully saturated rings. The summed E-state index contributed by atoms with van der Waals surface area (Å²) in [5.74, 6) is -0.0398. The lowest BCUT2D eigenvalue weighted by Gasteiger charge is -2.32. The zero-order valence-corrected chi connectivity index (χ0v) is 17.7. The smallest absolute Gasteiger partial charge is 0.324 e. The van der Waals surface area contributed by atoms with Crippen LogP contribution < -0.4 is 10.6 Å². The lowest BCUT2D eigenvalue weighted by atomic mass is 10.0. The Morgan fingerprint density at radius 1 is 1.03 bits per heavy atom. The maximum Gasteiger partial charge on any atom is 0.390 e. The topological polar surface area (TPSA) is 70.2 Å². The number of urea groups is 1. The molecule has 1 aliphatic heterocycles. The van der Waals surface area contributed by atoms with Crippen molar-refractivity contribution in [1.29, 1.82) is 0 Å². The third-order valence-electron chi connectivity index (χ3n) is 5.62. The molecular weight excluding hydrogens is 438 g/mol. The van der Waals surface area contributed by atoms with Crippen LogP contribution in [0.5, 0.6) is 0 Å². The van der Waals surface area contributed by atoms with Gasteiger partial charge in [-0.1, -0.05) is 12.1 Å². The van der Waals surface area contributed by atoms with E-state index in [4.69, 9.17) is 0 Å². The van der Waals surface area contributed by atoms with Gasteiger partial charge in [-0.3, -0.25) is 10.3 Å². The Hall–Kier alpha value is -3.27. The van der Waals surface area contributed by atoms with Gasteiger partial charge in [0.05, 0.1) is 12.6 Å². The summed E-state index contributed by atoms with van der Waals surface area (Å²) in [6.07, 6.45) is 0.506. The Kier molecular flexibility index (Phi) is 6.73. The van der Waals surface area contributed by atoms with Crippen LogP contribution in [0.2, 0.25) is 0 Å². The van der Waals surface area contributed by atoms with Crippen molar-refractivity contribution in [2.45, 2.75) is 31.5 Å². The number of nitrogens with zero attached hydrogens (tertiary/aromatic N) is 3. The summed E-state index contributed by atoms with van der Waals surface area (Å²) in [4.78, 5) is 22.4. The average molecular weight is 461 g/mol. The molecule has 0 atom stereocenters. The molecule has 2 aromatic heterocycles. The molecule has 3 aromatic rings. The predicted molar refractivity (Wildman–Crippen MR) is 117 cm³/mol. The number of pyridine rings is 2. The van der Waals surface area contributed by atoms with Gasteiger partial charge in [-0.25, -0.2) is 14.2 Å². The van der Waals surface area contributed by atoms with Gasteiger partial charge in [-0.05, 0) is 42.0 Å². The van der Waals surface area contributed by atoms with Crippen LogP contribution in [0.1, 0.15) is 19.3 Å². The van der Waals surface area contributed by atoms with Crippen LogP contribution in [-0.4, -0.2) is 52.8 Å². The van der Waals surface area contributed by atoms with Crippen molar-refractivity contribution in [3.8, 4) is 11.1 Å². The van der Waals surface area contributed by atoms with E-state index in [0.717, 1.165) is 22.5 Å². The second-order valence-electron chi connectivity index (χ2n) is 8.03. The minimum atomic E-state index is -4.17. The van der Waals surface area contributed by atoms with Gasteiger partial charge in [-0.2, -0.15) is 13.2 Å². The Labute approximate surface area is 188 Å². The van der Waals surface area contributed by atoms with E-state index in [1.807, 2.05) is 18.2 Å². The van der Waals surface area contributed by atoms with Crippen LogP contribution >= 0.6 is 0 Å². The zero-order chi connectivity index (χ0) is 23.4. The van der Waals surface area contributed by atoms with E-state index in [2.05, 4.69) is 20.6 Å². The number of fused-ring (bicyclic) bond motifs is 1. The molecule has 0 spiro atoms. The number of hydrogen-bond acceptors (Lipinski definition) is 4. The standard InChI is InChI=1S/C23H23F4N5O/c24-19-10-18(12-28-14-19)15-1-2-16-13-30-21(11-17(16)9-15)31-22(33)32-7-3-20(4-8-32)29-6-5-23(25,26)27/h1-2,9-14,20,29H,3-8H2,(H,30,31,33). The van der Waals surface area contributed by atoms with Gasteiger partial charge in [0, 0.05) is 49.0 Å². The van der Waals surface area contributed by atoms with Gasteiger partial charge < -0.3 is 10.2 Å². The summed E-state index contributed by atoms with van der Waals surface area (Å²) in [7, 11) is 0. The number of halogens is 4. The van der Waals surface area contributed by atoms with Gasteiger partial charge in [-0.15, -0.1) is 0 Å². The SMILES string of the molecule is O=C(Nc1cc2cc(-c3cncc(F)c3)ccc2cn1)N1CCC(NCCC(F)(F)F)CC1. The van der Waals surface area contributed by atoms with Crippen LogP contribution in [0, 0.1) is 5.82 Å². The predicted octanol–water partition coefficient (Wildman–Crippen LogP) is 4.97. The summed E-state index contributed by atoms with van der Waals surface area (Å²) in [5, 5.41) is 7.39. The van der Waals surface area contributed by atoms with E-state index in [1.165, 1.54) is 6.07 Å². The number of alkyl halides is 3. The maximum atomic E-state index is 13.5. The van der Waals surface area contributed by atoms with Crippen LogP contribution in [-0.2, 0) is 0 Å². The molecule has 1 saturated heterocycles. The number of carbonyl (C=O) groups is 1. The second-order valence-corrected chi connectivity index (χ2v) is 8.03. The van der Waals surface area contributed by atoms with Crippen molar-refractivity contribution in [3.05, 3.63) is 54.7 Å². The molecule has 174 valence electrons. The number of hydrogen-bond donors (Lipinski definition) is 2. The second kappa shape index (κ2) is 9.70. The quantitative estimate of drug-likeness (QED) is 0.526. The summed E-state index contributed by atoms with van der Waals surface area (Å²) < 4.78 is 50.4. The molecular formula is C23H23F4N5O. The fourth-order valence-electron chi connectivity index (χ4n) is 3.85. The molecule has 2 N–H and O–H groups in total. The lowest BCUT2D eigenvalue weighted by molar-refractivity contribution is -0.133. The van der Waals surface area contributed by atoms with Crippen LogP contribution in [0.25, 0.3) is 21.9 Å². The first-order valence-electron chi connectivity index (χ1n) is 10.6. The molecule has 1 aliphatic rings. The van der Waals surface area contributed by atoms with Crippen molar-refractivity contribution in [1.82, 2.24) is 20.2 Å². The van der Waals surface area contributed by atoms with Crippen molar-refractivity contribution in [2.24, 2.45) is 0 Å². The van der Waals surface area contributed by atoms with E-state index in [-0.39, 0.29) is 18.6 Å². The van der Waals surface area contributed by atoms with E-state index in [0.29, 0.717) is 37.3 Å². The van der Waals surface area contributed by atoms with E-state index in [1.54, 1.807) is 23.4 Å². The van der Waals surface area contributed by atoms with Crippen LogP contribution in [0.4, 0.5) is 28.2 Å². The first kappa shape index (κ1) is 22.9. The Morgan fingerprint density at radius 2 is 1.82 bits per heavy atom. The molecule has 4 rings (SSSR count). The number of aromatic nitrogens is 2. The van der Waals surface area contributed by atoms with Crippen LogP contribution in [0.3, 0.4) is 0 Å². The summed E-state index contributed by atoms with van der Waals surface area (Å²) >= 11 is 0. The number of benzene rings is 1. The summed E-state index contributed by atoms with van der Waals surface area (Å²) in [6.45, 7) is 0.773. The maximum absolute atomic E-state index is 13.5. The molecule has 10 heteroatoms. The van der Waals surface area contributed by atoms with E-state index in [9.17, 15) is 22.4 Å². The van der Waals surface area contributed by atoms with Gasteiger partial charge in [0.1, 0.15) is 11.6 Å². The third kappa shape index (κ3) is 6.16. The van der Waals surface area contributed by atoms with Crippen molar-refractivity contribution >= 4 is 22.6 Å². The number of anilines is 1. The molecule has 0 aliphatic carbocycles. The van der Waals surface area contributed by atoms with Gasteiger partial charge >= 0.3 is 12.2 Å². The number of piperidine rings is 1. The molecule has 2 amide bonds. The van der Waals surface area contributed by atoms with E-state index >= 15 is 0 Å². The number of rotatable bonds is 5. The molecule has 0 unspecified atom stereocenters. The summed E-state index contributed by atoms with van der Waals surface area (Å²) in [5.41, 5.74) is 1.43.